The molecule has 0 fully saturated rings. The first-order valence-electron chi connectivity index (χ1n) is 17.2. The molecule has 2 aromatic carbocycles. The Balaban J connectivity index is 0.000000322. The van der Waals surface area contributed by atoms with Crippen molar-refractivity contribution >= 4 is 48.3 Å². The molecular weight excluding hydrogens is 779 g/mol. The predicted octanol–water partition coefficient (Wildman–Crippen LogP) is 12.7. The van der Waals surface area contributed by atoms with Crippen LogP contribution in [0, 0.1) is 17.9 Å². The van der Waals surface area contributed by atoms with E-state index < -0.39 is 0 Å². The van der Waals surface area contributed by atoms with Crippen LogP contribution in [0.5, 0.6) is 0 Å². The maximum atomic E-state index is 11.7. The Labute approximate surface area is 299 Å². The average Bonchev–Trinajstić information content (AvgIpc) is 3.62. The number of carbonyl (C=O) groups excluding carboxylic acids is 1. The third-order valence-electron chi connectivity index (χ3n) is 9.37. The van der Waals surface area contributed by atoms with Crippen LogP contribution in [0.25, 0.3) is 42.4 Å². The first-order valence-corrected chi connectivity index (χ1v) is 18.0. The van der Waals surface area contributed by atoms with Crippen molar-refractivity contribution in [2.75, 3.05) is 0 Å². The van der Waals surface area contributed by atoms with E-state index in [9.17, 15) is 9.90 Å². The number of allylic oxidation sites excluding steroid dienone is 2. The number of pyridine rings is 1. The molecule has 6 heteroatoms. The minimum absolute atomic E-state index is 0. The summed E-state index contributed by atoms with van der Waals surface area (Å²) in [7, 11) is 0. The van der Waals surface area contributed by atoms with Gasteiger partial charge in [-0.05, 0) is 43.7 Å². The first kappa shape index (κ1) is 38.7. The van der Waals surface area contributed by atoms with Gasteiger partial charge >= 0.3 is 0 Å². The van der Waals surface area contributed by atoms with Gasteiger partial charge in [-0.2, -0.15) is 0 Å². The summed E-state index contributed by atoms with van der Waals surface area (Å²) < 4.78 is 8.69. The van der Waals surface area contributed by atoms with Gasteiger partial charge in [-0.25, -0.2) is 0 Å². The molecule has 47 heavy (non-hydrogen) atoms. The van der Waals surface area contributed by atoms with Crippen molar-refractivity contribution in [3.63, 3.8) is 0 Å². The number of hydrogen-bond donors (Lipinski definition) is 1. The molecule has 0 aliphatic heterocycles. The van der Waals surface area contributed by atoms with E-state index in [-0.39, 0.29) is 48.9 Å². The number of aliphatic hydroxyl groups is 1. The summed E-state index contributed by atoms with van der Waals surface area (Å²) in [4.78, 5) is 16.5. The van der Waals surface area contributed by atoms with E-state index in [4.69, 9.17) is 9.40 Å². The van der Waals surface area contributed by atoms with E-state index in [0.717, 1.165) is 71.9 Å². The molecule has 0 unspecified atom stereocenters. The Morgan fingerprint density at radius 1 is 0.915 bits per heavy atom. The fourth-order valence-corrected chi connectivity index (χ4v) is 7.43. The molecule has 0 atom stereocenters. The number of hydrogen-bond acceptors (Lipinski definition) is 5. The van der Waals surface area contributed by atoms with E-state index in [0.29, 0.717) is 5.92 Å². The second kappa shape index (κ2) is 17.0. The van der Waals surface area contributed by atoms with Gasteiger partial charge in [0.2, 0.25) is 0 Å². The molecule has 0 bridgehead atoms. The summed E-state index contributed by atoms with van der Waals surface area (Å²) in [6.45, 7) is 19.2. The van der Waals surface area contributed by atoms with Crippen molar-refractivity contribution in [2.45, 2.75) is 112 Å². The summed E-state index contributed by atoms with van der Waals surface area (Å²) in [6, 6.07) is 18.9. The number of aliphatic hydroxyl groups excluding tert-OH is 1. The molecule has 0 saturated carbocycles. The largest absolute Gasteiger partial charge is 0.512 e. The van der Waals surface area contributed by atoms with Crippen LogP contribution in [0.15, 0.2) is 64.9 Å². The number of furan rings is 1. The molecule has 0 saturated heterocycles. The van der Waals surface area contributed by atoms with Gasteiger partial charge in [0.25, 0.3) is 0 Å². The van der Waals surface area contributed by atoms with Crippen molar-refractivity contribution in [1.82, 2.24) is 4.98 Å². The van der Waals surface area contributed by atoms with Crippen LogP contribution in [0.2, 0.25) is 0 Å². The third-order valence-corrected chi connectivity index (χ3v) is 10.5. The zero-order chi connectivity index (χ0) is 33.6. The Kier molecular flexibility index (Phi) is 14.0. The Bertz CT molecular complexity index is 1800. The maximum absolute atomic E-state index is 11.7. The van der Waals surface area contributed by atoms with Gasteiger partial charge in [0.1, 0.15) is 5.76 Å². The number of nitrogens with zero attached hydrogens (tertiary/aromatic N) is 1. The predicted molar refractivity (Wildman–Crippen MR) is 197 cm³/mol. The number of aromatic nitrogens is 1. The zero-order valence-corrected chi connectivity index (χ0v) is 32.8. The van der Waals surface area contributed by atoms with Crippen LogP contribution >= 0.6 is 11.3 Å². The molecule has 5 rings (SSSR count). The summed E-state index contributed by atoms with van der Waals surface area (Å²) in [5, 5.41) is 13.4. The average molecular weight is 831 g/mol. The number of benzene rings is 2. The molecule has 5 aromatic rings. The molecule has 3 heterocycles. The van der Waals surface area contributed by atoms with Gasteiger partial charge in [0.15, 0.2) is 11.4 Å². The van der Waals surface area contributed by atoms with Gasteiger partial charge in [-0.15, -0.1) is 40.5 Å². The number of fused-ring (bicyclic) bond motifs is 4. The third kappa shape index (κ3) is 8.63. The maximum Gasteiger partial charge on any atom is 0.162 e. The van der Waals surface area contributed by atoms with Crippen molar-refractivity contribution in [3.05, 3.63) is 77.9 Å². The molecule has 1 N–H and O–H groups in total. The topological polar surface area (TPSA) is 63.3 Å². The SMILES string of the molecule is CCC(CC)C(=O)/C=C(\O)C(CC)CC.CCC(CC)c1cc(-c2nccc3c2sc2cc(C(C)(C)C)oc23)[c-]c2ccccc12.[Ir]. The Morgan fingerprint density at radius 2 is 1.55 bits per heavy atom. The van der Waals surface area contributed by atoms with Crippen LogP contribution in [0.3, 0.4) is 0 Å². The van der Waals surface area contributed by atoms with E-state index >= 15 is 0 Å². The fourth-order valence-electron chi connectivity index (χ4n) is 6.27. The van der Waals surface area contributed by atoms with E-state index in [1.54, 1.807) is 11.3 Å². The smallest absolute Gasteiger partial charge is 0.162 e. The van der Waals surface area contributed by atoms with Crippen LogP contribution in [-0.4, -0.2) is 15.9 Å². The van der Waals surface area contributed by atoms with Gasteiger partial charge in [-0.1, -0.05) is 104 Å². The van der Waals surface area contributed by atoms with Crippen molar-refractivity contribution in [3.8, 4) is 11.3 Å². The number of rotatable bonds is 11. The van der Waals surface area contributed by atoms with E-state index in [1.807, 2.05) is 33.9 Å². The van der Waals surface area contributed by atoms with E-state index in [2.05, 4.69) is 83.1 Å². The molecule has 0 aliphatic rings. The van der Waals surface area contributed by atoms with Gasteiger partial charge in [0, 0.05) is 65.4 Å². The van der Waals surface area contributed by atoms with Crippen LogP contribution in [0.4, 0.5) is 0 Å². The fraction of sp³-hybridized carbons (Fsp3) is 0.463. The van der Waals surface area contributed by atoms with Gasteiger partial charge < -0.3 is 9.52 Å². The van der Waals surface area contributed by atoms with Gasteiger partial charge in [-0.3, -0.25) is 9.78 Å². The zero-order valence-electron chi connectivity index (χ0n) is 29.6. The van der Waals surface area contributed by atoms with Crippen molar-refractivity contribution < 1.29 is 34.4 Å². The van der Waals surface area contributed by atoms with Crippen molar-refractivity contribution in [2.24, 2.45) is 11.8 Å². The number of ketones is 1. The monoisotopic (exact) mass is 831 g/mol. The number of thiophene rings is 1. The normalized spacial score (nSPS) is 12.3. The Hall–Kier alpha value is -2.79. The second-order valence-electron chi connectivity index (χ2n) is 13.4. The minimum Gasteiger partial charge on any atom is -0.512 e. The summed E-state index contributed by atoms with van der Waals surface area (Å²) >= 11 is 1.77. The van der Waals surface area contributed by atoms with Crippen LogP contribution in [-0.2, 0) is 30.3 Å². The molecule has 0 spiro atoms. The second-order valence-corrected chi connectivity index (χ2v) is 14.4. The standard InChI is InChI=1S/C28H28NOS.C13H24O2.Ir/c1-6-17(7-2)22-15-19(14-18-10-8-9-11-20(18)22)25-27-21(12-13-29-25)26-23(31-27)16-24(30-26)28(3,4)5;1-5-10(6-2)12(14)9-13(15)11(7-3)8-4;/h8-13,15-17H,6-7H2,1-5H3;9-11,14H,5-8H2,1-4H3;/q-1;;/b;12-9-;. The summed E-state index contributed by atoms with van der Waals surface area (Å²) in [6.07, 6.45) is 9.07. The van der Waals surface area contributed by atoms with Crippen molar-refractivity contribution in [1.29, 1.82) is 0 Å². The van der Waals surface area contributed by atoms with Crippen LogP contribution in [0.1, 0.15) is 118 Å². The molecule has 4 nitrogen and oxygen atoms in total. The van der Waals surface area contributed by atoms with Crippen LogP contribution < -0.4 is 0 Å². The molecule has 1 radical (unpaired) electrons. The summed E-state index contributed by atoms with van der Waals surface area (Å²) in [5.74, 6) is 2.11. The Morgan fingerprint density at radius 3 is 2.15 bits per heavy atom. The minimum atomic E-state index is -0.00271. The van der Waals surface area contributed by atoms with E-state index in [1.165, 1.54) is 26.4 Å². The first-order chi connectivity index (χ1) is 22.0. The molecule has 3 aromatic heterocycles. The van der Waals surface area contributed by atoms with Gasteiger partial charge in [0.05, 0.1) is 10.5 Å². The molecular formula is C41H52IrNO3S-. The molecule has 0 aliphatic carbocycles. The molecule has 255 valence electrons. The molecule has 0 amide bonds. The number of carbonyl (C=O) groups is 1. The quantitative estimate of drug-likeness (QED) is 0.0818. The summed E-state index contributed by atoms with van der Waals surface area (Å²) in [5.41, 5.74) is 4.46.